The highest BCUT2D eigenvalue weighted by atomic mass is 19.4. The molecule has 1 aromatic heterocycles. The van der Waals surface area contributed by atoms with Crippen LogP contribution < -0.4 is 19.5 Å². The zero-order valence-corrected chi connectivity index (χ0v) is 16.6. The van der Waals surface area contributed by atoms with Gasteiger partial charge in [0.1, 0.15) is 19.8 Å². The summed E-state index contributed by atoms with van der Waals surface area (Å²) in [7, 11) is 0. The standard InChI is InChI=1S/C20H20F3N3O5/c1-2-26(19(28)13-3-6-18(24-10-13)31-12-20(21,22)23)11-17(27)25-14-4-5-15-16(9-14)30-8-7-29-15/h3-6,9-10H,2,7-8,11-12H2,1H3,(H,25,27). The molecule has 8 nitrogen and oxygen atoms in total. The second-order valence-electron chi connectivity index (χ2n) is 6.51. The molecule has 0 aliphatic carbocycles. The van der Waals surface area contributed by atoms with Crippen LogP contribution in [-0.2, 0) is 4.79 Å². The second kappa shape index (κ2) is 9.54. The van der Waals surface area contributed by atoms with Gasteiger partial charge in [-0.05, 0) is 25.1 Å². The van der Waals surface area contributed by atoms with Gasteiger partial charge < -0.3 is 24.4 Å². The van der Waals surface area contributed by atoms with E-state index in [0.717, 1.165) is 6.20 Å². The van der Waals surface area contributed by atoms with Gasteiger partial charge in [0.15, 0.2) is 18.1 Å². The zero-order valence-electron chi connectivity index (χ0n) is 16.6. The molecule has 31 heavy (non-hydrogen) atoms. The molecule has 2 heterocycles. The maximum Gasteiger partial charge on any atom is 0.422 e. The van der Waals surface area contributed by atoms with Gasteiger partial charge in [-0.2, -0.15) is 13.2 Å². The summed E-state index contributed by atoms with van der Waals surface area (Å²) >= 11 is 0. The van der Waals surface area contributed by atoms with Crippen molar-refractivity contribution in [3.8, 4) is 17.4 Å². The van der Waals surface area contributed by atoms with E-state index in [1.807, 2.05) is 0 Å². The fraction of sp³-hybridized carbons (Fsp3) is 0.350. The summed E-state index contributed by atoms with van der Waals surface area (Å²) in [6.07, 6.45) is -3.38. The van der Waals surface area contributed by atoms with Crippen molar-refractivity contribution in [1.29, 1.82) is 0 Å². The highest BCUT2D eigenvalue weighted by molar-refractivity contribution is 5.99. The van der Waals surface area contributed by atoms with E-state index in [2.05, 4.69) is 15.0 Å². The zero-order chi connectivity index (χ0) is 22.4. The SMILES string of the molecule is CCN(CC(=O)Nc1ccc2c(c1)OCCO2)C(=O)c1ccc(OCC(F)(F)F)nc1. The van der Waals surface area contributed by atoms with Crippen LogP contribution in [0.15, 0.2) is 36.5 Å². The molecule has 1 aliphatic heterocycles. The average Bonchev–Trinajstić information content (AvgIpc) is 2.75. The number of nitrogens with zero attached hydrogens (tertiary/aromatic N) is 2. The Kier molecular flexibility index (Phi) is 6.83. The maximum absolute atomic E-state index is 12.6. The van der Waals surface area contributed by atoms with Gasteiger partial charge in [-0.1, -0.05) is 0 Å². The van der Waals surface area contributed by atoms with Crippen molar-refractivity contribution in [2.75, 3.05) is 38.2 Å². The van der Waals surface area contributed by atoms with E-state index in [-0.39, 0.29) is 24.5 Å². The van der Waals surface area contributed by atoms with Crippen molar-refractivity contribution in [2.45, 2.75) is 13.1 Å². The minimum absolute atomic E-state index is 0.119. The average molecular weight is 439 g/mol. The van der Waals surface area contributed by atoms with Crippen molar-refractivity contribution < 1.29 is 37.0 Å². The summed E-state index contributed by atoms with van der Waals surface area (Å²) in [5, 5.41) is 2.69. The van der Waals surface area contributed by atoms with Crippen molar-refractivity contribution >= 4 is 17.5 Å². The van der Waals surface area contributed by atoms with Gasteiger partial charge in [0.25, 0.3) is 5.91 Å². The number of rotatable bonds is 7. The molecule has 3 rings (SSSR count). The maximum atomic E-state index is 12.6. The van der Waals surface area contributed by atoms with E-state index in [4.69, 9.17) is 9.47 Å². The fourth-order valence-corrected chi connectivity index (χ4v) is 2.75. The normalized spacial score (nSPS) is 12.8. The lowest BCUT2D eigenvalue weighted by Crippen LogP contribution is -2.37. The topological polar surface area (TPSA) is 90.0 Å². The lowest BCUT2D eigenvalue weighted by molar-refractivity contribution is -0.154. The van der Waals surface area contributed by atoms with Crippen LogP contribution in [0.5, 0.6) is 17.4 Å². The smallest absolute Gasteiger partial charge is 0.422 e. The van der Waals surface area contributed by atoms with Gasteiger partial charge in [-0.3, -0.25) is 9.59 Å². The number of aromatic nitrogens is 1. The van der Waals surface area contributed by atoms with Crippen LogP contribution in [-0.4, -0.2) is 60.8 Å². The monoisotopic (exact) mass is 439 g/mol. The number of alkyl halides is 3. The predicted octanol–water partition coefficient (Wildman–Crippen LogP) is 2.89. The van der Waals surface area contributed by atoms with Crippen LogP contribution in [0.25, 0.3) is 0 Å². The number of halogens is 3. The summed E-state index contributed by atoms with van der Waals surface area (Å²) in [5.41, 5.74) is 0.610. The molecule has 0 bridgehead atoms. The van der Waals surface area contributed by atoms with Gasteiger partial charge >= 0.3 is 6.18 Å². The molecule has 0 fully saturated rings. The fourth-order valence-electron chi connectivity index (χ4n) is 2.75. The third kappa shape index (κ3) is 6.24. The third-order valence-electron chi connectivity index (χ3n) is 4.20. The number of likely N-dealkylation sites (N-methyl/N-ethyl adjacent to an activating group) is 1. The van der Waals surface area contributed by atoms with Crippen molar-refractivity contribution in [1.82, 2.24) is 9.88 Å². The number of amides is 2. The van der Waals surface area contributed by atoms with Gasteiger partial charge in [0.05, 0.1) is 5.56 Å². The Morgan fingerprint density at radius 1 is 1.16 bits per heavy atom. The van der Waals surface area contributed by atoms with Gasteiger partial charge in [-0.25, -0.2) is 4.98 Å². The molecule has 0 radical (unpaired) electrons. The summed E-state index contributed by atoms with van der Waals surface area (Å²) in [5.74, 6) is -0.0657. The number of pyridine rings is 1. The third-order valence-corrected chi connectivity index (χ3v) is 4.20. The van der Waals surface area contributed by atoms with E-state index in [1.165, 1.54) is 17.0 Å². The van der Waals surface area contributed by atoms with Gasteiger partial charge in [0, 0.05) is 30.6 Å². The molecular weight excluding hydrogens is 419 g/mol. The largest absolute Gasteiger partial charge is 0.486 e. The lowest BCUT2D eigenvalue weighted by atomic mass is 10.2. The summed E-state index contributed by atoms with van der Waals surface area (Å²) < 4.78 is 52.0. The van der Waals surface area contributed by atoms with E-state index in [9.17, 15) is 22.8 Å². The van der Waals surface area contributed by atoms with Gasteiger partial charge in [0.2, 0.25) is 11.8 Å². The minimum Gasteiger partial charge on any atom is -0.486 e. The Bertz CT molecular complexity index is 935. The molecular formula is C20H20F3N3O5. The van der Waals surface area contributed by atoms with Crippen molar-refractivity contribution in [2.24, 2.45) is 0 Å². The van der Waals surface area contributed by atoms with Crippen LogP contribution in [0.1, 0.15) is 17.3 Å². The first-order valence-corrected chi connectivity index (χ1v) is 9.39. The number of carbonyl (C=O) groups is 2. The Morgan fingerprint density at radius 2 is 1.90 bits per heavy atom. The molecule has 1 N–H and O–H groups in total. The Labute approximate surface area is 175 Å². The highest BCUT2D eigenvalue weighted by Crippen LogP contribution is 2.32. The molecule has 0 spiro atoms. The summed E-state index contributed by atoms with van der Waals surface area (Å²) in [6.45, 7) is 1.10. The molecule has 2 amide bonds. The van der Waals surface area contributed by atoms with Crippen LogP contribution in [0.4, 0.5) is 18.9 Å². The number of benzene rings is 1. The molecule has 1 aliphatic rings. The molecule has 0 unspecified atom stereocenters. The minimum atomic E-state index is -4.49. The molecule has 0 atom stereocenters. The number of anilines is 1. The first kappa shape index (κ1) is 22.2. The van der Waals surface area contributed by atoms with Gasteiger partial charge in [-0.15, -0.1) is 0 Å². The molecule has 166 valence electrons. The number of fused-ring (bicyclic) bond motifs is 1. The summed E-state index contributed by atoms with van der Waals surface area (Å²) in [6, 6.07) is 7.44. The number of hydrogen-bond donors (Lipinski definition) is 1. The van der Waals surface area contributed by atoms with E-state index in [0.29, 0.717) is 30.4 Å². The number of carbonyl (C=O) groups excluding carboxylic acids is 2. The van der Waals surface area contributed by atoms with Crippen molar-refractivity contribution in [3.63, 3.8) is 0 Å². The Hall–Kier alpha value is -3.50. The molecule has 0 saturated carbocycles. The molecule has 0 saturated heterocycles. The number of ether oxygens (including phenoxy) is 3. The van der Waals surface area contributed by atoms with Crippen LogP contribution in [0, 0.1) is 0 Å². The van der Waals surface area contributed by atoms with E-state index < -0.39 is 24.6 Å². The molecule has 2 aromatic rings. The van der Waals surface area contributed by atoms with E-state index >= 15 is 0 Å². The van der Waals surface area contributed by atoms with Crippen molar-refractivity contribution in [3.05, 3.63) is 42.1 Å². The number of hydrogen-bond acceptors (Lipinski definition) is 6. The number of nitrogens with one attached hydrogen (secondary N) is 1. The Morgan fingerprint density at radius 3 is 2.55 bits per heavy atom. The second-order valence-corrected chi connectivity index (χ2v) is 6.51. The van der Waals surface area contributed by atoms with Crippen LogP contribution in [0.3, 0.4) is 0 Å². The predicted molar refractivity (Wildman–Crippen MR) is 103 cm³/mol. The van der Waals surface area contributed by atoms with Crippen LogP contribution >= 0.6 is 0 Å². The van der Waals surface area contributed by atoms with Crippen LogP contribution in [0.2, 0.25) is 0 Å². The highest BCUT2D eigenvalue weighted by Gasteiger charge is 2.28. The molecule has 11 heteroatoms. The summed E-state index contributed by atoms with van der Waals surface area (Å²) in [4.78, 5) is 30.0. The molecule has 1 aromatic carbocycles. The first-order valence-electron chi connectivity index (χ1n) is 9.39. The quantitative estimate of drug-likeness (QED) is 0.714. The first-order chi connectivity index (χ1) is 14.7. The lowest BCUT2D eigenvalue weighted by Gasteiger charge is -2.21. The van der Waals surface area contributed by atoms with E-state index in [1.54, 1.807) is 25.1 Å². The Balaban J connectivity index is 1.58.